The molecule has 84 valence electrons. The van der Waals surface area contributed by atoms with Crippen molar-refractivity contribution in [2.75, 3.05) is 12.8 Å². The third-order valence-electron chi connectivity index (χ3n) is 2.23. The predicted octanol–water partition coefficient (Wildman–Crippen LogP) is 3.33. The maximum atomic E-state index is 5.85. The summed E-state index contributed by atoms with van der Waals surface area (Å²) in [6.07, 6.45) is 0. The van der Waals surface area contributed by atoms with Crippen molar-refractivity contribution in [1.82, 2.24) is 0 Å². The van der Waals surface area contributed by atoms with Crippen LogP contribution in [-0.4, -0.2) is 7.11 Å². The van der Waals surface area contributed by atoms with E-state index < -0.39 is 0 Å². The fraction of sp³-hybridized carbons (Fsp3) is 0.167. The van der Waals surface area contributed by atoms with Crippen molar-refractivity contribution in [1.29, 1.82) is 0 Å². The van der Waals surface area contributed by atoms with Gasteiger partial charge in [0.1, 0.15) is 18.1 Å². The smallest absolute Gasteiger partial charge is 0.134 e. The van der Waals surface area contributed by atoms with E-state index >= 15 is 0 Å². The first-order valence-corrected chi connectivity index (χ1v) is 5.21. The number of hydrogen-bond donors (Lipinski definition) is 1. The van der Waals surface area contributed by atoms with Crippen molar-refractivity contribution >= 4 is 17.3 Å². The monoisotopic (exact) mass is 237 g/mol. The molecule has 2 rings (SSSR count). The Morgan fingerprint density at radius 1 is 1.31 bits per heavy atom. The van der Waals surface area contributed by atoms with E-state index in [9.17, 15) is 0 Å². The molecule has 0 aliphatic heterocycles. The average Bonchev–Trinajstić information content (AvgIpc) is 2.71. The second-order valence-electron chi connectivity index (χ2n) is 3.44. The number of anilines is 1. The van der Waals surface area contributed by atoms with Gasteiger partial charge in [-0.05, 0) is 30.3 Å². The fourth-order valence-corrected chi connectivity index (χ4v) is 1.57. The Kier molecular flexibility index (Phi) is 3.17. The molecule has 0 saturated carbocycles. The van der Waals surface area contributed by atoms with Gasteiger partial charge in [-0.25, -0.2) is 0 Å². The standard InChI is InChI=1S/C12H12ClNO2/c1-15-7-9-3-5-12(16-9)8-2-4-10(13)11(14)6-8/h2-6H,7,14H2,1H3. The quantitative estimate of drug-likeness (QED) is 0.833. The number of nitrogens with two attached hydrogens (primary N) is 1. The van der Waals surface area contributed by atoms with Gasteiger partial charge in [-0.2, -0.15) is 0 Å². The van der Waals surface area contributed by atoms with Gasteiger partial charge in [0.15, 0.2) is 0 Å². The van der Waals surface area contributed by atoms with Crippen molar-refractivity contribution in [2.45, 2.75) is 6.61 Å². The number of ether oxygens (including phenoxy) is 1. The summed E-state index contributed by atoms with van der Waals surface area (Å²) in [5.74, 6) is 1.54. The average molecular weight is 238 g/mol. The van der Waals surface area contributed by atoms with E-state index in [4.69, 9.17) is 26.5 Å². The van der Waals surface area contributed by atoms with Crippen LogP contribution in [0.25, 0.3) is 11.3 Å². The van der Waals surface area contributed by atoms with Crippen LogP contribution >= 0.6 is 11.6 Å². The highest BCUT2D eigenvalue weighted by molar-refractivity contribution is 6.33. The molecule has 0 bridgehead atoms. The predicted molar refractivity (Wildman–Crippen MR) is 64.3 cm³/mol. The van der Waals surface area contributed by atoms with Crippen molar-refractivity contribution in [3.63, 3.8) is 0 Å². The van der Waals surface area contributed by atoms with Crippen LogP contribution in [0.5, 0.6) is 0 Å². The third-order valence-corrected chi connectivity index (χ3v) is 2.57. The molecule has 4 heteroatoms. The second-order valence-corrected chi connectivity index (χ2v) is 3.84. The molecule has 1 aromatic carbocycles. The van der Waals surface area contributed by atoms with E-state index in [-0.39, 0.29) is 0 Å². The van der Waals surface area contributed by atoms with Gasteiger partial charge in [-0.1, -0.05) is 11.6 Å². The van der Waals surface area contributed by atoms with Gasteiger partial charge >= 0.3 is 0 Å². The first-order chi connectivity index (χ1) is 7.70. The Labute approximate surface area is 98.8 Å². The Morgan fingerprint density at radius 3 is 2.81 bits per heavy atom. The zero-order chi connectivity index (χ0) is 11.5. The van der Waals surface area contributed by atoms with Crippen LogP contribution in [0.4, 0.5) is 5.69 Å². The van der Waals surface area contributed by atoms with Crippen LogP contribution in [-0.2, 0) is 11.3 Å². The summed E-state index contributed by atoms with van der Waals surface area (Å²) < 4.78 is 10.6. The number of rotatable bonds is 3. The van der Waals surface area contributed by atoms with Crippen LogP contribution in [0.2, 0.25) is 5.02 Å². The van der Waals surface area contributed by atoms with Crippen molar-refractivity contribution in [2.24, 2.45) is 0 Å². The summed E-state index contributed by atoms with van der Waals surface area (Å²) in [6.45, 7) is 0.461. The molecule has 0 radical (unpaired) electrons. The van der Waals surface area contributed by atoms with E-state index in [0.717, 1.165) is 17.1 Å². The van der Waals surface area contributed by atoms with Gasteiger partial charge < -0.3 is 14.9 Å². The highest BCUT2D eigenvalue weighted by Gasteiger charge is 2.06. The summed E-state index contributed by atoms with van der Waals surface area (Å²) in [5.41, 5.74) is 7.18. The molecule has 3 nitrogen and oxygen atoms in total. The van der Waals surface area contributed by atoms with Gasteiger partial charge in [0.25, 0.3) is 0 Å². The number of halogens is 1. The lowest BCUT2D eigenvalue weighted by atomic mass is 10.1. The van der Waals surface area contributed by atoms with Gasteiger partial charge in [0.05, 0.1) is 10.7 Å². The number of benzene rings is 1. The second kappa shape index (κ2) is 4.60. The minimum absolute atomic E-state index is 0.461. The molecule has 0 unspecified atom stereocenters. The topological polar surface area (TPSA) is 48.4 Å². The first-order valence-electron chi connectivity index (χ1n) is 4.84. The normalized spacial score (nSPS) is 10.6. The van der Waals surface area contributed by atoms with Crippen LogP contribution < -0.4 is 5.73 Å². The third kappa shape index (κ3) is 2.21. The van der Waals surface area contributed by atoms with E-state index in [0.29, 0.717) is 17.3 Å². The molecule has 0 saturated heterocycles. The summed E-state index contributed by atoms with van der Waals surface area (Å²) in [5, 5.41) is 0.549. The van der Waals surface area contributed by atoms with Crippen LogP contribution in [0.1, 0.15) is 5.76 Å². The van der Waals surface area contributed by atoms with Gasteiger partial charge in [0.2, 0.25) is 0 Å². The molecule has 2 N–H and O–H groups in total. The zero-order valence-corrected chi connectivity index (χ0v) is 9.62. The largest absolute Gasteiger partial charge is 0.459 e. The van der Waals surface area contributed by atoms with Gasteiger partial charge in [0, 0.05) is 12.7 Å². The Hall–Kier alpha value is -1.45. The molecule has 1 aromatic heterocycles. The molecule has 1 heterocycles. The van der Waals surface area contributed by atoms with Crippen LogP contribution in [0.3, 0.4) is 0 Å². The maximum absolute atomic E-state index is 5.85. The molecule has 2 aromatic rings. The number of furan rings is 1. The SMILES string of the molecule is COCc1ccc(-c2ccc(Cl)c(N)c2)o1. The molecule has 0 aliphatic rings. The van der Waals surface area contributed by atoms with E-state index in [2.05, 4.69) is 0 Å². The molecule has 0 atom stereocenters. The summed E-state index contributed by atoms with van der Waals surface area (Å²) >= 11 is 5.85. The van der Waals surface area contributed by atoms with Crippen molar-refractivity contribution in [3.05, 3.63) is 41.1 Å². The maximum Gasteiger partial charge on any atom is 0.134 e. The Bertz CT molecular complexity index is 494. The summed E-state index contributed by atoms with van der Waals surface area (Å²) in [4.78, 5) is 0. The number of nitrogen functional groups attached to an aromatic ring is 1. The molecule has 0 aliphatic carbocycles. The lowest BCUT2D eigenvalue weighted by Gasteiger charge is -2.01. The highest BCUT2D eigenvalue weighted by atomic mass is 35.5. The summed E-state index contributed by atoms with van der Waals surface area (Å²) in [6, 6.07) is 9.18. The fourth-order valence-electron chi connectivity index (χ4n) is 1.45. The lowest BCUT2D eigenvalue weighted by Crippen LogP contribution is -1.86. The van der Waals surface area contributed by atoms with E-state index in [1.807, 2.05) is 18.2 Å². The molecule has 0 spiro atoms. The molecular formula is C12H12ClNO2. The molecular weight excluding hydrogens is 226 g/mol. The van der Waals surface area contributed by atoms with Gasteiger partial charge in [-0.3, -0.25) is 0 Å². The van der Waals surface area contributed by atoms with Crippen molar-refractivity contribution < 1.29 is 9.15 Å². The number of methoxy groups -OCH3 is 1. The van der Waals surface area contributed by atoms with E-state index in [1.165, 1.54) is 0 Å². The van der Waals surface area contributed by atoms with Crippen molar-refractivity contribution in [3.8, 4) is 11.3 Å². The number of hydrogen-bond acceptors (Lipinski definition) is 3. The molecule has 16 heavy (non-hydrogen) atoms. The molecule has 0 fully saturated rings. The van der Waals surface area contributed by atoms with Crippen LogP contribution in [0.15, 0.2) is 34.7 Å². The van der Waals surface area contributed by atoms with Gasteiger partial charge in [-0.15, -0.1) is 0 Å². The van der Waals surface area contributed by atoms with Crippen LogP contribution in [0, 0.1) is 0 Å². The minimum atomic E-state index is 0.461. The Balaban J connectivity index is 2.31. The highest BCUT2D eigenvalue weighted by Crippen LogP contribution is 2.28. The minimum Gasteiger partial charge on any atom is -0.459 e. The Morgan fingerprint density at radius 2 is 2.12 bits per heavy atom. The van der Waals surface area contributed by atoms with E-state index in [1.54, 1.807) is 19.2 Å². The first kappa shape index (κ1) is 11.0. The summed E-state index contributed by atoms with van der Waals surface area (Å²) in [7, 11) is 1.63. The molecule has 0 amide bonds. The lowest BCUT2D eigenvalue weighted by molar-refractivity contribution is 0.165. The zero-order valence-electron chi connectivity index (χ0n) is 8.87.